The lowest BCUT2D eigenvalue weighted by atomic mass is 9.60. The van der Waals surface area contributed by atoms with Gasteiger partial charge in [-0.3, -0.25) is 0 Å². The van der Waals surface area contributed by atoms with E-state index in [1.165, 1.54) is 25.7 Å². The SMILES string of the molecule is CCOC1CC(Nc2cc(C)c(O)cc2C)C12CCCC2. The Morgan fingerprint density at radius 3 is 2.62 bits per heavy atom. The van der Waals surface area contributed by atoms with E-state index in [1.807, 2.05) is 13.0 Å². The van der Waals surface area contributed by atoms with E-state index in [1.54, 1.807) is 0 Å². The molecule has 3 rings (SSSR count). The van der Waals surface area contributed by atoms with E-state index in [0.717, 1.165) is 29.8 Å². The van der Waals surface area contributed by atoms with Crippen LogP contribution < -0.4 is 5.32 Å². The summed E-state index contributed by atoms with van der Waals surface area (Å²) in [7, 11) is 0. The van der Waals surface area contributed by atoms with E-state index >= 15 is 0 Å². The van der Waals surface area contributed by atoms with Crippen LogP contribution in [-0.2, 0) is 4.74 Å². The quantitative estimate of drug-likeness (QED) is 0.818. The molecule has 2 N–H and O–H groups in total. The monoisotopic (exact) mass is 289 g/mol. The summed E-state index contributed by atoms with van der Waals surface area (Å²) < 4.78 is 5.98. The van der Waals surface area contributed by atoms with Crippen LogP contribution in [0.25, 0.3) is 0 Å². The molecule has 1 aromatic rings. The topological polar surface area (TPSA) is 41.5 Å². The van der Waals surface area contributed by atoms with Crippen molar-refractivity contribution in [1.29, 1.82) is 0 Å². The summed E-state index contributed by atoms with van der Waals surface area (Å²) in [5.41, 5.74) is 3.56. The van der Waals surface area contributed by atoms with Crippen LogP contribution in [0.15, 0.2) is 12.1 Å². The minimum Gasteiger partial charge on any atom is -0.508 e. The third kappa shape index (κ3) is 2.42. The molecule has 1 spiro atoms. The van der Waals surface area contributed by atoms with Gasteiger partial charge in [-0.05, 0) is 63.3 Å². The average molecular weight is 289 g/mol. The zero-order valence-corrected chi connectivity index (χ0v) is 13.4. The summed E-state index contributed by atoms with van der Waals surface area (Å²) in [4.78, 5) is 0. The Balaban J connectivity index is 1.78. The standard InChI is InChI=1S/C18H27NO2/c1-4-21-17-11-16(18(17)7-5-6-8-18)19-14-9-13(3)15(20)10-12(14)2/h9-10,16-17,19-20H,4-8,11H2,1-3H3. The molecule has 2 aliphatic carbocycles. The van der Waals surface area contributed by atoms with E-state index in [-0.39, 0.29) is 0 Å². The Morgan fingerprint density at radius 1 is 1.24 bits per heavy atom. The third-order valence-corrected chi connectivity index (χ3v) is 5.56. The first-order valence-corrected chi connectivity index (χ1v) is 8.25. The first-order chi connectivity index (χ1) is 10.1. The highest BCUT2D eigenvalue weighted by molar-refractivity contribution is 5.57. The van der Waals surface area contributed by atoms with Crippen LogP contribution in [0, 0.1) is 19.3 Å². The van der Waals surface area contributed by atoms with Crippen molar-refractivity contribution in [3.63, 3.8) is 0 Å². The number of aromatic hydroxyl groups is 1. The van der Waals surface area contributed by atoms with Gasteiger partial charge in [-0.15, -0.1) is 0 Å². The van der Waals surface area contributed by atoms with Crippen molar-refractivity contribution in [2.45, 2.75) is 65.0 Å². The first kappa shape index (κ1) is 14.7. The Bertz CT molecular complexity index is 520. The summed E-state index contributed by atoms with van der Waals surface area (Å²) in [6.07, 6.45) is 6.76. The van der Waals surface area contributed by atoms with Crippen molar-refractivity contribution in [1.82, 2.24) is 0 Å². The molecule has 2 aliphatic rings. The minimum absolute atomic E-state index is 0.342. The van der Waals surface area contributed by atoms with Crippen LogP contribution in [-0.4, -0.2) is 23.9 Å². The number of hydrogen-bond donors (Lipinski definition) is 2. The van der Waals surface area contributed by atoms with Crippen LogP contribution in [0.4, 0.5) is 5.69 Å². The molecule has 0 aromatic heterocycles. The first-order valence-electron chi connectivity index (χ1n) is 8.25. The highest BCUT2D eigenvalue weighted by Gasteiger charge is 2.56. The summed E-state index contributed by atoms with van der Waals surface area (Å²) in [5.74, 6) is 0.384. The predicted octanol–water partition coefficient (Wildman–Crippen LogP) is 4.16. The Hall–Kier alpha value is -1.22. The van der Waals surface area contributed by atoms with Crippen molar-refractivity contribution < 1.29 is 9.84 Å². The second-order valence-corrected chi connectivity index (χ2v) is 6.77. The van der Waals surface area contributed by atoms with Gasteiger partial charge in [0.15, 0.2) is 0 Å². The highest BCUT2D eigenvalue weighted by Crippen LogP contribution is 2.55. The van der Waals surface area contributed by atoms with Crippen LogP contribution in [0.2, 0.25) is 0 Å². The number of nitrogens with one attached hydrogen (secondary N) is 1. The van der Waals surface area contributed by atoms with Gasteiger partial charge in [0.05, 0.1) is 6.10 Å². The molecule has 21 heavy (non-hydrogen) atoms. The van der Waals surface area contributed by atoms with E-state index in [0.29, 0.717) is 23.3 Å². The number of phenolic OH excluding ortho intramolecular Hbond substituents is 1. The second kappa shape index (κ2) is 5.53. The summed E-state index contributed by atoms with van der Waals surface area (Å²) >= 11 is 0. The van der Waals surface area contributed by atoms with Gasteiger partial charge in [-0.1, -0.05) is 12.8 Å². The normalized spacial score (nSPS) is 26.8. The smallest absolute Gasteiger partial charge is 0.118 e. The predicted molar refractivity (Wildman–Crippen MR) is 85.9 cm³/mol. The Labute approximate surface area is 127 Å². The molecule has 0 saturated heterocycles. The molecule has 2 unspecified atom stereocenters. The summed E-state index contributed by atoms with van der Waals surface area (Å²) in [6, 6.07) is 4.44. The Morgan fingerprint density at radius 2 is 1.95 bits per heavy atom. The molecule has 0 bridgehead atoms. The lowest BCUT2D eigenvalue weighted by Crippen LogP contribution is -2.60. The van der Waals surface area contributed by atoms with Crippen molar-refractivity contribution in [2.24, 2.45) is 5.41 Å². The molecule has 116 valence electrons. The van der Waals surface area contributed by atoms with Crippen LogP contribution >= 0.6 is 0 Å². The molecule has 0 radical (unpaired) electrons. The van der Waals surface area contributed by atoms with Crippen molar-refractivity contribution >= 4 is 5.69 Å². The van der Waals surface area contributed by atoms with Crippen LogP contribution in [0.5, 0.6) is 5.75 Å². The molecule has 0 heterocycles. The molecule has 1 aromatic carbocycles. The van der Waals surface area contributed by atoms with Crippen molar-refractivity contribution in [3.05, 3.63) is 23.3 Å². The summed E-state index contributed by atoms with van der Waals surface area (Å²) in [5, 5.41) is 13.5. The van der Waals surface area contributed by atoms with Gasteiger partial charge >= 0.3 is 0 Å². The van der Waals surface area contributed by atoms with Gasteiger partial charge in [0.2, 0.25) is 0 Å². The number of ether oxygens (including phenoxy) is 1. The van der Waals surface area contributed by atoms with Crippen molar-refractivity contribution in [3.8, 4) is 5.75 Å². The van der Waals surface area contributed by atoms with Gasteiger partial charge < -0.3 is 15.2 Å². The fourth-order valence-electron chi connectivity index (χ4n) is 4.23. The zero-order chi connectivity index (χ0) is 15.0. The van der Waals surface area contributed by atoms with Gasteiger partial charge in [0.1, 0.15) is 5.75 Å². The number of anilines is 1. The third-order valence-electron chi connectivity index (χ3n) is 5.56. The van der Waals surface area contributed by atoms with Gasteiger partial charge in [-0.2, -0.15) is 0 Å². The number of benzene rings is 1. The molecule has 2 atom stereocenters. The maximum Gasteiger partial charge on any atom is 0.118 e. The molecule has 3 heteroatoms. The van der Waals surface area contributed by atoms with E-state index < -0.39 is 0 Å². The molecular weight excluding hydrogens is 262 g/mol. The fourth-order valence-corrected chi connectivity index (χ4v) is 4.23. The number of rotatable bonds is 4. The lowest BCUT2D eigenvalue weighted by molar-refractivity contribution is -0.114. The maximum absolute atomic E-state index is 9.80. The molecular formula is C18H27NO2. The largest absolute Gasteiger partial charge is 0.508 e. The van der Waals surface area contributed by atoms with Crippen LogP contribution in [0.3, 0.4) is 0 Å². The highest BCUT2D eigenvalue weighted by atomic mass is 16.5. The number of hydrogen-bond acceptors (Lipinski definition) is 3. The molecule has 0 aliphatic heterocycles. The van der Waals surface area contributed by atoms with Gasteiger partial charge in [0.25, 0.3) is 0 Å². The fraction of sp³-hybridized carbons (Fsp3) is 0.667. The Kier molecular flexibility index (Phi) is 3.87. The van der Waals surface area contributed by atoms with E-state index in [9.17, 15) is 5.11 Å². The maximum atomic E-state index is 9.80. The van der Waals surface area contributed by atoms with Crippen LogP contribution in [0.1, 0.15) is 50.2 Å². The molecule has 3 nitrogen and oxygen atoms in total. The summed E-state index contributed by atoms with van der Waals surface area (Å²) in [6.45, 7) is 6.92. The zero-order valence-electron chi connectivity index (χ0n) is 13.4. The number of phenols is 1. The van der Waals surface area contributed by atoms with E-state index in [2.05, 4.69) is 25.2 Å². The number of aryl methyl sites for hydroxylation is 2. The molecule has 0 amide bonds. The van der Waals surface area contributed by atoms with Gasteiger partial charge in [-0.25, -0.2) is 0 Å². The lowest BCUT2D eigenvalue weighted by Gasteiger charge is -2.54. The minimum atomic E-state index is 0.342. The molecule has 2 fully saturated rings. The van der Waals surface area contributed by atoms with Gasteiger partial charge in [0, 0.05) is 23.8 Å². The van der Waals surface area contributed by atoms with Crippen molar-refractivity contribution in [2.75, 3.05) is 11.9 Å². The van der Waals surface area contributed by atoms with E-state index in [4.69, 9.17) is 4.74 Å². The molecule has 2 saturated carbocycles. The average Bonchev–Trinajstić information content (AvgIpc) is 2.95. The second-order valence-electron chi connectivity index (χ2n) is 6.77.